The molecule has 1 heterocycles. The van der Waals surface area contributed by atoms with Crippen molar-refractivity contribution in [1.82, 2.24) is 14.9 Å². The van der Waals surface area contributed by atoms with Crippen LogP contribution >= 0.6 is 12.2 Å². The van der Waals surface area contributed by atoms with Crippen LogP contribution in [0.2, 0.25) is 0 Å². The average Bonchev–Trinajstić information content (AvgIpc) is 3.09. The topological polar surface area (TPSA) is 58.4 Å². The zero-order valence-electron chi connectivity index (χ0n) is 15.7. The number of benzene rings is 2. The van der Waals surface area contributed by atoms with Crippen LogP contribution in [0, 0.1) is 4.77 Å². The zero-order valence-corrected chi connectivity index (χ0v) is 16.5. The van der Waals surface area contributed by atoms with Crippen molar-refractivity contribution in [3.63, 3.8) is 0 Å². The minimum Gasteiger partial charge on any atom is -0.497 e. The van der Waals surface area contributed by atoms with Crippen molar-refractivity contribution in [2.24, 2.45) is 5.10 Å². The van der Waals surface area contributed by atoms with Gasteiger partial charge in [0.2, 0.25) is 4.77 Å². The molecule has 1 aromatic heterocycles. The molecule has 0 saturated heterocycles. The maximum atomic E-state index is 5.32. The quantitative estimate of drug-likeness (QED) is 0.488. The molecule has 2 aromatic carbocycles. The van der Waals surface area contributed by atoms with Crippen molar-refractivity contribution < 1.29 is 4.74 Å². The van der Waals surface area contributed by atoms with Crippen molar-refractivity contribution in [3.8, 4) is 17.1 Å². The second-order valence-electron chi connectivity index (χ2n) is 5.90. The molecule has 0 aliphatic rings. The number of H-pyrrole nitrogens is 1. The van der Waals surface area contributed by atoms with E-state index in [1.807, 2.05) is 36.4 Å². The molecular weight excluding hydrogens is 358 g/mol. The highest BCUT2D eigenvalue weighted by Gasteiger charge is 2.08. The number of ether oxygens (including phenoxy) is 1. The Balaban J connectivity index is 1.85. The minimum atomic E-state index is 0.442. The molecule has 0 aliphatic carbocycles. The largest absolute Gasteiger partial charge is 0.497 e. The summed E-state index contributed by atoms with van der Waals surface area (Å²) < 4.78 is 7.26. The average molecular weight is 382 g/mol. The first-order valence-electron chi connectivity index (χ1n) is 8.87. The Bertz CT molecular complexity index is 953. The van der Waals surface area contributed by atoms with Gasteiger partial charge in [-0.15, -0.1) is 0 Å². The second kappa shape index (κ2) is 8.64. The molecule has 0 amide bonds. The smallest absolute Gasteiger partial charge is 0.216 e. The fourth-order valence-corrected chi connectivity index (χ4v) is 2.99. The van der Waals surface area contributed by atoms with Gasteiger partial charge >= 0.3 is 0 Å². The zero-order chi connectivity index (χ0) is 19.2. The number of aromatic nitrogens is 3. The first-order valence-corrected chi connectivity index (χ1v) is 9.28. The first-order chi connectivity index (χ1) is 13.2. The fraction of sp³-hybridized carbons (Fsp3) is 0.250. The summed E-state index contributed by atoms with van der Waals surface area (Å²) in [7, 11) is 1.64. The van der Waals surface area contributed by atoms with Gasteiger partial charge in [0.1, 0.15) is 5.75 Å². The van der Waals surface area contributed by atoms with Crippen LogP contribution in [0.4, 0.5) is 5.69 Å². The molecule has 0 unspecified atom stereocenters. The van der Waals surface area contributed by atoms with E-state index in [-0.39, 0.29) is 0 Å². The normalized spacial score (nSPS) is 11.1. The predicted octanol–water partition coefficient (Wildman–Crippen LogP) is 4.34. The standard InChI is InChI=1S/C20H23N5OS/c1-4-24(5-2)17-10-6-15(7-11-17)14-21-25-19(22-23-20(25)27)16-8-12-18(26-3)13-9-16/h6-14H,4-5H2,1-3H3,(H,23,27). The molecule has 0 fully saturated rings. The Morgan fingerprint density at radius 3 is 2.37 bits per heavy atom. The van der Waals surface area contributed by atoms with Gasteiger partial charge in [-0.05, 0) is 68.0 Å². The molecular formula is C20H23N5OS. The fourth-order valence-electron chi connectivity index (χ4n) is 2.81. The maximum Gasteiger partial charge on any atom is 0.216 e. The molecule has 0 atom stereocenters. The summed E-state index contributed by atoms with van der Waals surface area (Å²) in [5.41, 5.74) is 3.10. The number of nitrogens with one attached hydrogen (secondary N) is 1. The highest BCUT2D eigenvalue weighted by atomic mass is 32.1. The van der Waals surface area contributed by atoms with Crippen LogP contribution in [-0.4, -0.2) is 41.3 Å². The monoisotopic (exact) mass is 381 g/mol. The lowest BCUT2D eigenvalue weighted by atomic mass is 10.2. The van der Waals surface area contributed by atoms with E-state index in [9.17, 15) is 0 Å². The van der Waals surface area contributed by atoms with Crippen LogP contribution in [0.5, 0.6) is 5.75 Å². The number of anilines is 1. The number of aromatic amines is 1. The lowest BCUT2D eigenvalue weighted by molar-refractivity contribution is 0.415. The van der Waals surface area contributed by atoms with Gasteiger partial charge in [0.25, 0.3) is 0 Å². The van der Waals surface area contributed by atoms with Crippen LogP contribution < -0.4 is 9.64 Å². The van der Waals surface area contributed by atoms with Gasteiger partial charge in [0.15, 0.2) is 5.82 Å². The van der Waals surface area contributed by atoms with Crippen molar-refractivity contribution in [1.29, 1.82) is 0 Å². The maximum absolute atomic E-state index is 5.32. The third kappa shape index (κ3) is 4.25. The third-order valence-electron chi connectivity index (χ3n) is 4.34. The predicted molar refractivity (Wildman–Crippen MR) is 112 cm³/mol. The molecule has 0 saturated carbocycles. The molecule has 140 valence electrons. The van der Waals surface area contributed by atoms with Gasteiger partial charge in [-0.1, -0.05) is 12.1 Å². The third-order valence-corrected chi connectivity index (χ3v) is 4.61. The summed E-state index contributed by atoms with van der Waals surface area (Å²) in [5, 5.41) is 11.6. The van der Waals surface area contributed by atoms with E-state index in [0.717, 1.165) is 30.0 Å². The van der Waals surface area contributed by atoms with E-state index in [1.54, 1.807) is 18.0 Å². The van der Waals surface area contributed by atoms with Gasteiger partial charge < -0.3 is 9.64 Å². The molecule has 27 heavy (non-hydrogen) atoms. The van der Waals surface area contributed by atoms with Crippen LogP contribution in [0.1, 0.15) is 19.4 Å². The molecule has 3 rings (SSSR count). The molecule has 0 spiro atoms. The van der Waals surface area contributed by atoms with Crippen molar-refractivity contribution in [3.05, 3.63) is 58.9 Å². The van der Waals surface area contributed by atoms with Crippen LogP contribution in [-0.2, 0) is 0 Å². The summed E-state index contributed by atoms with van der Waals surface area (Å²) in [6.45, 7) is 6.28. The highest BCUT2D eigenvalue weighted by Crippen LogP contribution is 2.21. The van der Waals surface area contributed by atoms with Crippen molar-refractivity contribution >= 4 is 24.1 Å². The first kappa shape index (κ1) is 18.8. The molecule has 6 nitrogen and oxygen atoms in total. The van der Waals surface area contributed by atoms with Gasteiger partial charge in [0.05, 0.1) is 13.3 Å². The Hall–Kier alpha value is -2.93. The minimum absolute atomic E-state index is 0.442. The Kier molecular flexibility index (Phi) is 6.03. The van der Waals surface area contributed by atoms with Gasteiger partial charge in [-0.2, -0.15) is 14.9 Å². The second-order valence-corrected chi connectivity index (χ2v) is 6.29. The Labute approximate surface area is 164 Å². The van der Waals surface area contributed by atoms with E-state index in [0.29, 0.717) is 10.6 Å². The van der Waals surface area contributed by atoms with Crippen LogP contribution in [0.25, 0.3) is 11.4 Å². The van der Waals surface area contributed by atoms with E-state index in [1.165, 1.54) is 5.69 Å². The molecule has 1 N–H and O–H groups in total. The van der Waals surface area contributed by atoms with Crippen molar-refractivity contribution in [2.45, 2.75) is 13.8 Å². The summed E-state index contributed by atoms with van der Waals surface area (Å²) in [5.74, 6) is 1.44. The highest BCUT2D eigenvalue weighted by molar-refractivity contribution is 7.71. The van der Waals surface area contributed by atoms with Crippen LogP contribution in [0.15, 0.2) is 53.6 Å². The van der Waals surface area contributed by atoms with E-state index >= 15 is 0 Å². The Morgan fingerprint density at radius 1 is 1.11 bits per heavy atom. The molecule has 0 bridgehead atoms. The summed E-state index contributed by atoms with van der Waals surface area (Å²) in [6, 6.07) is 15.9. The van der Waals surface area contributed by atoms with Gasteiger partial charge in [-0.25, -0.2) is 5.10 Å². The number of hydrogen-bond acceptors (Lipinski definition) is 5. The van der Waals surface area contributed by atoms with Crippen LogP contribution in [0.3, 0.4) is 0 Å². The van der Waals surface area contributed by atoms with Gasteiger partial charge in [-0.3, -0.25) is 0 Å². The number of methoxy groups -OCH3 is 1. The Morgan fingerprint density at radius 2 is 1.78 bits per heavy atom. The summed E-state index contributed by atoms with van der Waals surface area (Å²) in [6.07, 6.45) is 1.78. The number of hydrogen-bond donors (Lipinski definition) is 1. The van der Waals surface area contributed by atoms with Gasteiger partial charge in [0, 0.05) is 24.3 Å². The lowest BCUT2D eigenvalue weighted by Crippen LogP contribution is -2.21. The molecule has 3 aromatic rings. The van der Waals surface area contributed by atoms with E-state index in [4.69, 9.17) is 17.0 Å². The number of nitrogens with zero attached hydrogens (tertiary/aromatic N) is 4. The van der Waals surface area contributed by atoms with E-state index < -0.39 is 0 Å². The molecule has 7 heteroatoms. The summed E-state index contributed by atoms with van der Waals surface area (Å²) in [4.78, 5) is 2.30. The molecule has 0 radical (unpaired) electrons. The van der Waals surface area contributed by atoms with E-state index in [2.05, 4.69) is 46.2 Å². The molecule has 0 aliphatic heterocycles. The number of rotatable bonds is 7. The SMILES string of the molecule is CCN(CC)c1ccc(C=Nn2c(-c3ccc(OC)cc3)n[nH]c2=S)cc1. The van der Waals surface area contributed by atoms with Crippen molar-refractivity contribution in [2.75, 3.05) is 25.1 Å². The summed E-state index contributed by atoms with van der Waals surface area (Å²) >= 11 is 5.32. The lowest BCUT2D eigenvalue weighted by Gasteiger charge is -2.20.